The number of rotatable bonds is 6. The van der Waals surface area contributed by atoms with Gasteiger partial charge in [0.25, 0.3) is 5.91 Å². The minimum atomic E-state index is -0.366. The predicted octanol–water partition coefficient (Wildman–Crippen LogP) is 1.24. The number of hydrogen-bond acceptors (Lipinski definition) is 3. The Kier molecular flexibility index (Phi) is 7.19. The molecule has 0 unspecified atom stereocenters. The van der Waals surface area contributed by atoms with Gasteiger partial charge >= 0.3 is 0 Å². The summed E-state index contributed by atoms with van der Waals surface area (Å²) in [5, 5.41) is 2.66. The van der Waals surface area contributed by atoms with Gasteiger partial charge in [0.05, 0.1) is 33.3 Å². The number of carbonyl (C=O) groups is 2. The molecule has 1 heterocycles. The first-order valence-electron chi connectivity index (χ1n) is 9.96. The number of piperazine rings is 1. The zero-order valence-corrected chi connectivity index (χ0v) is 17.3. The van der Waals surface area contributed by atoms with Gasteiger partial charge in [-0.3, -0.25) is 9.59 Å². The number of benzene rings is 2. The van der Waals surface area contributed by atoms with Crippen LogP contribution in [0.25, 0.3) is 6.08 Å². The van der Waals surface area contributed by atoms with Crippen molar-refractivity contribution in [2.75, 3.05) is 33.3 Å². The van der Waals surface area contributed by atoms with E-state index in [1.807, 2.05) is 36.4 Å². The first kappa shape index (κ1) is 21.5. The lowest BCUT2D eigenvalue weighted by Gasteiger charge is -2.32. The summed E-state index contributed by atoms with van der Waals surface area (Å²) < 4.78 is 18.9. The molecule has 6 nitrogen and oxygen atoms in total. The standard InChI is InChI=1S/C23H26FN3O3/c1-17(28)25-21(15-18-6-4-3-5-7-18)23(29)27-12-10-26(11-13-27)16-19-8-9-22(30-2)20(24)14-19/h3-9,14-15H,10-13,16H2,1-2H3,(H,25,28)/p+1/b21-15-. The Morgan fingerprint density at radius 1 is 1.17 bits per heavy atom. The summed E-state index contributed by atoms with van der Waals surface area (Å²) in [6.45, 7) is 4.71. The van der Waals surface area contributed by atoms with Crippen LogP contribution in [0, 0.1) is 5.82 Å². The van der Waals surface area contributed by atoms with Crippen molar-refractivity contribution in [2.45, 2.75) is 13.5 Å². The monoisotopic (exact) mass is 412 g/mol. The lowest BCUT2D eigenvalue weighted by Crippen LogP contribution is -3.13. The number of amides is 2. The third-order valence-corrected chi connectivity index (χ3v) is 5.08. The Hall–Kier alpha value is -3.19. The molecule has 0 aliphatic carbocycles. The Balaban J connectivity index is 1.62. The fourth-order valence-electron chi connectivity index (χ4n) is 3.54. The second-order valence-corrected chi connectivity index (χ2v) is 7.34. The van der Waals surface area contributed by atoms with Gasteiger partial charge in [-0.2, -0.15) is 0 Å². The molecule has 0 bridgehead atoms. The zero-order valence-electron chi connectivity index (χ0n) is 17.3. The number of nitrogens with one attached hydrogen (secondary N) is 2. The number of methoxy groups -OCH3 is 1. The van der Waals surface area contributed by atoms with Crippen LogP contribution in [0.2, 0.25) is 0 Å². The SMILES string of the molecule is COc1ccc(C[NH+]2CCN(C(=O)/C(=C/c3ccccc3)NC(C)=O)CC2)cc1F. The molecule has 0 aromatic heterocycles. The van der Waals surface area contributed by atoms with Gasteiger partial charge < -0.3 is 19.9 Å². The van der Waals surface area contributed by atoms with E-state index >= 15 is 0 Å². The van der Waals surface area contributed by atoms with Gasteiger partial charge in [0.1, 0.15) is 12.2 Å². The summed E-state index contributed by atoms with van der Waals surface area (Å²) in [5.41, 5.74) is 2.01. The number of halogens is 1. The second kappa shape index (κ2) is 10.0. The molecule has 1 aliphatic heterocycles. The molecule has 2 aromatic carbocycles. The highest BCUT2D eigenvalue weighted by Crippen LogP contribution is 2.17. The maximum Gasteiger partial charge on any atom is 0.270 e. The molecule has 0 radical (unpaired) electrons. The first-order valence-corrected chi connectivity index (χ1v) is 9.96. The normalized spacial score (nSPS) is 15.0. The van der Waals surface area contributed by atoms with Gasteiger partial charge in [-0.15, -0.1) is 0 Å². The van der Waals surface area contributed by atoms with Gasteiger partial charge in [0, 0.05) is 12.5 Å². The third-order valence-electron chi connectivity index (χ3n) is 5.08. The largest absolute Gasteiger partial charge is 0.494 e. The van der Waals surface area contributed by atoms with Crippen LogP contribution in [-0.4, -0.2) is 50.0 Å². The van der Waals surface area contributed by atoms with E-state index in [4.69, 9.17) is 4.74 Å². The molecule has 0 saturated carbocycles. The van der Waals surface area contributed by atoms with Crippen LogP contribution in [0.4, 0.5) is 4.39 Å². The molecule has 7 heteroatoms. The maximum absolute atomic E-state index is 13.9. The average Bonchev–Trinajstić information content (AvgIpc) is 2.74. The molecule has 30 heavy (non-hydrogen) atoms. The second-order valence-electron chi connectivity index (χ2n) is 7.34. The lowest BCUT2D eigenvalue weighted by molar-refractivity contribution is -0.917. The highest BCUT2D eigenvalue weighted by Gasteiger charge is 2.26. The third kappa shape index (κ3) is 5.67. The van der Waals surface area contributed by atoms with E-state index in [1.165, 1.54) is 25.0 Å². The van der Waals surface area contributed by atoms with Gasteiger partial charge in [-0.05, 0) is 29.8 Å². The molecule has 2 aromatic rings. The average molecular weight is 412 g/mol. The fourth-order valence-corrected chi connectivity index (χ4v) is 3.54. The molecular formula is C23H27FN3O3+. The molecule has 1 fully saturated rings. The lowest BCUT2D eigenvalue weighted by atomic mass is 10.1. The van der Waals surface area contributed by atoms with Gasteiger partial charge in [0.2, 0.25) is 5.91 Å². The van der Waals surface area contributed by atoms with Crippen LogP contribution in [0.3, 0.4) is 0 Å². The number of carbonyl (C=O) groups excluding carboxylic acids is 2. The summed E-state index contributed by atoms with van der Waals surface area (Å²) in [6.07, 6.45) is 1.70. The van der Waals surface area contributed by atoms with Crippen LogP contribution < -0.4 is 15.0 Å². The summed E-state index contributed by atoms with van der Waals surface area (Å²) in [4.78, 5) is 27.6. The Labute approximate surface area is 175 Å². The van der Waals surface area contributed by atoms with Crippen LogP contribution in [0.15, 0.2) is 54.2 Å². The van der Waals surface area contributed by atoms with Crippen LogP contribution in [-0.2, 0) is 16.1 Å². The van der Waals surface area contributed by atoms with E-state index in [2.05, 4.69) is 5.32 Å². The first-order chi connectivity index (χ1) is 14.5. The number of nitrogens with zero attached hydrogens (tertiary/aromatic N) is 1. The number of ether oxygens (including phenoxy) is 1. The maximum atomic E-state index is 13.9. The predicted molar refractivity (Wildman–Crippen MR) is 112 cm³/mol. The number of hydrogen-bond donors (Lipinski definition) is 2. The van der Waals surface area contributed by atoms with Crippen molar-refractivity contribution in [2.24, 2.45) is 0 Å². The topological polar surface area (TPSA) is 63.1 Å². The summed E-state index contributed by atoms with van der Waals surface area (Å²) in [5.74, 6) is -0.603. The van der Waals surface area contributed by atoms with E-state index < -0.39 is 0 Å². The quantitative estimate of drug-likeness (QED) is 0.702. The number of quaternary nitrogens is 1. The molecule has 2 amide bonds. The smallest absolute Gasteiger partial charge is 0.270 e. The van der Waals surface area contributed by atoms with Gasteiger partial charge in [0.15, 0.2) is 11.6 Å². The molecular weight excluding hydrogens is 385 g/mol. The van der Waals surface area contributed by atoms with Gasteiger partial charge in [-0.1, -0.05) is 30.3 Å². The molecule has 3 rings (SSSR count). The summed E-state index contributed by atoms with van der Waals surface area (Å²) >= 11 is 0. The van der Waals surface area contributed by atoms with Crippen molar-refractivity contribution in [1.29, 1.82) is 0 Å². The van der Waals surface area contributed by atoms with Crippen molar-refractivity contribution in [3.63, 3.8) is 0 Å². The van der Waals surface area contributed by atoms with E-state index in [0.29, 0.717) is 19.6 Å². The van der Waals surface area contributed by atoms with Crippen molar-refractivity contribution in [3.8, 4) is 5.75 Å². The van der Waals surface area contributed by atoms with E-state index in [0.717, 1.165) is 24.2 Å². The van der Waals surface area contributed by atoms with E-state index in [1.54, 1.807) is 17.0 Å². The molecule has 2 N–H and O–H groups in total. The molecule has 0 spiro atoms. The minimum absolute atomic E-state index is 0.191. The van der Waals surface area contributed by atoms with Crippen LogP contribution in [0.5, 0.6) is 5.75 Å². The minimum Gasteiger partial charge on any atom is -0.494 e. The van der Waals surface area contributed by atoms with Crippen molar-refractivity contribution in [1.82, 2.24) is 10.2 Å². The van der Waals surface area contributed by atoms with Gasteiger partial charge in [-0.25, -0.2) is 4.39 Å². The molecule has 0 atom stereocenters. The van der Waals surface area contributed by atoms with Crippen molar-refractivity contribution < 1.29 is 23.6 Å². The Morgan fingerprint density at radius 2 is 1.87 bits per heavy atom. The zero-order chi connectivity index (χ0) is 21.5. The highest BCUT2D eigenvalue weighted by atomic mass is 19.1. The molecule has 1 aliphatic rings. The van der Waals surface area contributed by atoms with Crippen LogP contribution >= 0.6 is 0 Å². The Bertz CT molecular complexity index is 923. The van der Waals surface area contributed by atoms with Crippen LogP contribution in [0.1, 0.15) is 18.1 Å². The summed E-state index contributed by atoms with van der Waals surface area (Å²) in [6, 6.07) is 14.4. The van der Waals surface area contributed by atoms with Crippen molar-refractivity contribution >= 4 is 17.9 Å². The summed E-state index contributed by atoms with van der Waals surface area (Å²) in [7, 11) is 1.45. The van der Waals surface area contributed by atoms with E-state index in [-0.39, 0.29) is 29.1 Å². The highest BCUT2D eigenvalue weighted by molar-refractivity contribution is 6.00. The fraction of sp³-hybridized carbons (Fsp3) is 0.304. The Morgan fingerprint density at radius 3 is 2.47 bits per heavy atom. The van der Waals surface area contributed by atoms with E-state index in [9.17, 15) is 14.0 Å². The molecule has 158 valence electrons. The van der Waals surface area contributed by atoms with Crippen molar-refractivity contribution in [3.05, 3.63) is 71.2 Å². The molecule has 1 saturated heterocycles.